The van der Waals surface area contributed by atoms with Gasteiger partial charge < -0.3 is 15.0 Å². The van der Waals surface area contributed by atoms with Crippen molar-refractivity contribution < 1.29 is 4.74 Å². The van der Waals surface area contributed by atoms with Crippen LogP contribution < -0.4 is 10.1 Å². The van der Waals surface area contributed by atoms with Gasteiger partial charge in [0.2, 0.25) is 0 Å². The third kappa shape index (κ3) is 2.99. The molecule has 2 heterocycles. The van der Waals surface area contributed by atoms with Crippen LogP contribution in [0.25, 0.3) is 10.9 Å². The molecule has 1 aromatic heterocycles. The van der Waals surface area contributed by atoms with E-state index in [1.165, 1.54) is 27.7 Å². The van der Waals surface area contributed by atoms with Crippen molar-refractivity contribution in [2.45, 2.75) is 38.6 Å². The van der Waals surface area contributed by atoms with E-state index in [4.69, 9.17) is 4.74 Å². The Morgan fingerprint density at radius 1 is 1.11 bits per heavy atom. The monoisotopic (exact) mass is 372 g/mol. The van der Waals surface area contributed by atoms with E-state index < -0.39 is 0 Å². The Morgan fingerprint density at radius 2 is 2.00 bits per heavy atom. The molecule has 0 radical (unpaired) electrons. The predicted octanol–water partition coefficient (Wildman–Crippen LogP) is 6.42. The van der Waals surface area contributed by atoms with Crippen LogP contribution in [0.1, 0.15) is 49.8 Å². The van der Waals surface area contributed by atoms with Crippen LogP contribution in [0.5, 0.6) is 5.75 Å². The first-order valence-corrected chi connectivity index (χ1v) is 10.5. The van der Waals surface area contributed by atoms with Crippen LogP contribution in [-0.4, -0.2) is 11.6 Å². The highest BCUT2D eigenvalue weighted by molar-refractivity contribution is 5.84. The Morgan fingerprint density at radius 3 is 2.89 bits per heavy atom. The summed E-state index contributed by atoms with van der Waals surface area (Å²) in [4.78, 5) is 3.45. The lowest BCUT2D eigenvalue weighted by atomic mass is 9.77. The zero-order chi connectivity index (χ0) is 19.1. The maximum Gasteiger partial charge on any atom is 0.119 e. The number of para-hydroxylation sites is 1. The summed E-state index contributed by atoms with van der Waals surface area (Å²) in [5.41, 5.74) is 5.19. The molecule has 0 amide bonds. The summed E-state index contributed by atoms with van der Waals surface area (Å²) in [6, 6.07) is 15.5. The predicted molar refractivity (Wildman–Crippen MR) is 116 cm³/mol. The van der Waals surface area contributed by atoms with E-state index in [0.717, 1.165) is 25.2 Å². The van der Waals surface area contributed by atoms with Crippen molar-refractivity contribution in [3.8, 4) is 5.75 Å². The smallest absolute Gasteiger partial charge is 0.119 e. The Labute approximate surface area is 166 Å². The maximum atomic E-state index is 6.03. The van der Waals surface area contributed by atoms with Gasteiger partial charge in [-0.2, -0.15) is 0 Å². The third-order valence-electron chi connectivity index (χ3n) is 6.25. The maximum absolute atomic E-state index is 6.03. The van der Waals surface area contributed by atoms with E-state index in [1.807, 2.05) is 0 Å². The fraction of sp³-hybridized carbons (Fsp3) is 0.360. The number of nitrogens with one attached hydrogen (secondary N) is 2. The molecule has 2 N–H and O–H groups in total. The van der Waals surface area contributed by atoms with Crippen molar-refractivity contribution in [1.82, 2.24) is 4.98 Å². The quantitative estimate of drug-likeness (QED) is 0.507. The Hall–Kier alpha value is -2.68. The zero-order valence-corrected chi connectivity index (χ0v) is 16.6. The average molecular weight is 373 g/mol. The number of hydrogen-bond acceptors (Lipinski definition) is 2. The van der Waals surface area contributed by atoms with E-state index in [2.05, 4.69) is 85.0 Å². The third-order valence-corrected chi connectivity index (χ3v) is 6.25. The van der Waals surface area contributed by atoms with E-state index in [0.29, 0.717) is 23.8 Å². The highest BCUT2D eigenvalue weighted by atomic mass is 16.5. The van der Waals surface area contributed by atoms with Crippen molar-refractivity contribution in [2.75, 3.05) is 11.9 Å². The van der Waals surface area contributed by atoms with Crippen LogP contribution in [0.15, 0.2) is 60.8 Å². The summed E-state index contributed by atoms with van der Waals surface area (Å²) >= 11 is 0. The molecule has 1 aliphatic carbocycles. The highest BCUT2D eigenvalue weighted by Crippen LogP contribution is 2.51. The van der Waals surface area contributed by atoms with Crippen LogP contribution in [0.3, 0.4) is 0 Å². The number of rotatable bonds is 5. The fourth-order valence-corrected chi connectivity index (χ4v) is 4.73. The topological polar surface area (TPSA) is 37.0 Å². The van der Waals surface area contributed by atoms with Gasteiger partial charge in [0.15, 0.2) is 0 Å². The molecular weight excluding hydrogens is 344 g/mol. The molecule has 3 atom stereocenters. The van der Waals surface area contributed by atoms with Gasteiger partial charge in [0.25, 0.3) is 0 Å². The van der Waals surface area contributed by atoms with Gasteiger partial charge in [-0.15, -0.1) is 0 Å². The van der Waals surface area contributed by atoms with Crippen molar-refractivity contribution in [3.05, 3.63) is 71.9 Å². The molecule has 3 nitrogen and oxygen atoms in total. The summed E-state index contributed by atoms with van der Waals surface area (Å²) in [7, 11) is 0. The van der Waals surface area contributed by atoms with E-state index in [-0.39, 0.29) is 0 Å². The fourth-order valence-electron chi connectivity index (χ4n) is 4.73. The molecular formula is C25H28N2O. The van der Waals surface area contributed by atoms with Crippen molar-refractivity contribution in [3.63, 3.8) is 0 Å². The summed E-state index contributed by atoms with van der Waals surface area (Å²) in [6.07, 6.45) is 9.13. The van der Waals surface area contributed by atoms with Gasteiger partial charge in [-0.1, -0.05) is 44.2 Å². The molecule has 3 unspecified atom stereocenters. The first kappa shape index (κ1) is 17.4. The molecule has 0 bridgehead atoms. The Balaban J connectivity index is 1.47. The van der Waals surface area contributed by atoms with Gasteiger partial charge in [0, 0.05) is 28.7 Å². The molecule has 2 aromatic carbocycles. The van der Waals surface area contributed by atoms with E-state index >= 15 is 0 Å². The number of anilines is 1. The Bertz CT molecular complexity index is 1020. The minimum Gasteiger partial charge on any atom is -0.494 e. The second-order valence-corrected chi connectivity index (χ2v) is 8.55. The second-order valence-electron chi connectivity index (χ2n) is 8.55. The molecule has 0 spiro atoms. The number of fused-ring (bicyclic) bond motifs is 4. The molecule has 0 saturated heterocycles. The van der Waals surface area contributed by atoms with Crippen LogP contribution >= 0.6 is 0 Å². The summed E-state index contributed by atoms with van der Waals surface area (Å²) in [5.74, 6) is 2.64. The minimum atomic E-state index is 0.316. The summed E-state index contributed by atoms with van der Waals surface area (Å²) < 4.78 is 6.03. The minimum absolute atomic E-state index is 0.316. The number of benzene rings is 2. The van der Waals surface area contributed by atoms with E-state index in [1.54, 1.807) is 0 Å². The SMILES string of the molecule is CC(C)CCOc1ccc2c(c1)C1C=CCC1C(c1c[nH]c3ccccc13)N2. The number of hydrogen-bond donors (Lipinski definition) is 2. The zero-order valence-electron chi connectivity index (χ0n) is 16.6. The number of H-pyrrole nitrogens is 1. The van der Waals surface area contributed by atoms with Crippen LogP contribution in [0.4, 0.5) is 5.69 Å². The average Bonchev–Trinajstić information content (AvgIpc) is 3.35. The first-order valence-electron chi connectivity index (χ1n) is 10.5. The molecule has 3 aromatic rings. The van der Waals surface area contributed by atoms with Crippen molar-refractivity contribution in [2.24, 2.45) is 11.8 Å². The van der Waals surface area contributed by atoms with Gasteiger partial charge in [-0.05, 0) is 60.1 Å². The molecule has 1 aliphatic heterocycles. The normalized spacial score (nSPS) is 22.9. The summed E-state index contributed by atoms with van der Waals surface area (Å²) in [5, 5.41) is 5.17. The molecule has 5 rings (SSSR count). The number of ether oxygens (including phenoxy) is 1. The molecule has 2 aliphatic rings. The van der Waals surface area contributed by atoms with Crippen molar-refractivity contribution in [1.29, 1.82) is 0 Å². The molecule has 0 saturated carbocycles. The molecule has 28 heavy (non-hydrogen) atoms. The van der Waals surface area contributed by atoms with Crippen LogP contribution in [0.2, 0.25) is 0 Å². The van der Waals surface area contributed by atoms with Gasteiger partial charge in [-0.3, -0.25) is 0 Å². The molecule has 0 fully saturated rings. The lowest BCUT2D eigenvalue weighted by Gasteiger charge is -2.37. The van der Waals surface area contributed by atoms with Gasteiger partial charge in [0.1, 0.15) is 5.75 Å². The van der Waals surface area contributed by atoms with E-state index in [9.17, 15) is 0 Å². The number of aromatic amines is 1. The van der Waals surface area contributed by atoms with Gasteiger partial charge in [0.05, 0.1) is 12.6 Å². The van der Waals surface area contributed by atoms with Crippen molar-refractivity contribution >= 4 is 16.6 Å². The standard InChI is InChI=1S/C25H28N2O/c1-16(2)12-13-28-17-10-11-24-21(14-17)18-7-5-8-20(18)25(27-24)22-15-26-23-9-4-3-6-19(22)23/h3-7,9-11,14-16,18,20,25-27H,8,12-13H2,1-2H3. The number of allylic oxidation sites excluding steroid dienone is 2. The molecule has 3 heteroatoms. The second kappa shape index (κ2) is 7.05. The number of aromatic nitrogens is 1. The lowest BCUT2D eigenvalue weighted by molar-refractivity contribution is 0.289. The van der Waals surface area contributed by atoms with Gasteiger partial charge >= 0.3 is 0 Å². The lowest BCUT2D eigenvalue weighted by Crippen LogP contribution is -2.28. The van der Waals surface area contributed by atoms with Crippen LogP contribution in [-0.2, 0) is 0 Å². The summed E-state index contributed by atoms with van der Waals surface area (Å²) in [6.45, 7) is 5.25. The van der Waals surface area contributed by atoms with Gasteiger partial charge in [-0.25, -0.2) is 0 Å². The first-order chi connectivity index (χ1) is 13.7. The Kier molecular flexibility index (Phi) is 4.38. The highest BCUT2D eigenvalue weighted by Gasteiger charge is 2.38. The largest absolute Gasteiger partial charge is 0.494 e. The van der Waals surface area contributed by atoms with Crippen LogP contribution in [0, 0.1) is 11.8 Å². The molecule has 144 valence electrons.